The molecule has 4 nitrogen and oxygen atoms in total. The second-order valence-electron chi connectivity index (χ2n) is 5.94. The van der Waals surface area contributed by atoms with E-state index in [2.05, 4.69) is 29.8 Å². The van der Waals surface area contributed by atoms with Crippen molar-refractivity contribution in [3.05, 3.63) is 28.2 Å². The van der Waals surface area contributed by atoms with Crippen LogP contribution in [0.2, 0.25) is 0 Å². The number of Topliss-reactive ketones (excluding diaryl/α,β-unsaturated/α-hetero) is 1. The number of halogens is 1. The molecule has 20 heavy (non-hydrogen) atoms. The number of carbonyl (C=O) groups is 2. The molecule has 1 amide bonds. The number of nitrogens with zero attached hydrogens (tertiary/aromatic N) is 1. The third kappa shape index (κ3) is 2.29. The number of hydrogen-bond donors (Lipinski definition) is 0. The van der Waals surface area contributed by atoms with E-state index < -0.39 is 11.7 Å². The van der Waals surface area contributed by atoms with Crippen molar-refractivity contribution in [2.75, 3.05) is 11.4 Å². The summed E-state index contributed by atoms with van der Waals surface area (Å²) in [6, 6.07) is 5.29. The maximum absolute atomic E-state index is 12.1. The SMILES string of the molecule is CC1(C)CCC(CN2C(=O)C(=O)c3ccc(Br)cc32)O1. The number of ketones is 1. The van der Waals surface area contributed by atoms with Crippen LogP contribution in [0.5, 0.6) is 0 Å². The summed E-state index contributed by atoms with van der Waals surface area (Å²) in [4.78, 5) is 25.7. The zero-order chi connectivity index (χ0) is 14.5. The van der Waals surface area contributed by atoms with E-state index in [1.165, 1.54) is 0 Å². The second kappa shape index (κ2) is 4.67. The van der Waals surface area contributed by atoms with E-state index in [0.29, 0.717) is 17.8 Å². The van der Waals surface area contributed by atoms with E-state index >= 15 is 0 Å². The Kier molecular flexibility index (Phi) is 3.21. The van der Waals surface area contributed by atoms with Gasteiger partial charge in [-0.05, 0) is 44.9 Å². The minimum absolute atomic E-state index is 0.00770. The van der Waals surface area contributed by atoms with Crippen LogP contribution in [0.15, 0.2) is 22.7 Å². The summed E-state index contributed by atoms with van der Waals surface area (Å²) in [6.45, 7) is 4.54. The Morgan fingerprint density at radius 1 is 1.40 bits per heavy atom. The highest BCUT2D eigenvalue weighted by molar-refractivity contribution is 9.10. The Hall–Kier alpha value is -1.20. The quantitative estimate of drug-likeness (QED) is 0.779. The van der Waals surface area contributed by atoms with Gasteiger partial charge in [0.1, 0.15) is 0 Å². The lowest BCUT2D eigenvalue weighted by Gasteiger charge is -2.23. The molecule has 2 heterocycles. The normalized spacial score (nSPS) is 24.4. The standard InChI is InChI=1S/C15H16BrNO3/c1-15(2)6-5-10(20-15)8-17-12-7-9(16)3-4-11(12)13(18)14(17)19/h3-4,7,10H,5-6,8H2,1-2H3. The average Bonchev–Trinajstić information content (AvgIpc) is 2.83. The van der Waals surface area contributed by atoms with E-state index in [0.717, 1.165) is 17.3 Å². The second-order valence-corrected chi connectivity index (χ2v) is 6.86. The molecule has 0 radical (unpaired) electrons. The maximum atomic E-state index is 12.1. The number of hydrogen-bond acceptors (Lipinski definition) is 3. The number of fused-ring (bicyclic) bond motifs is 1. The highest BCUT2D eigenvalue weighted by Gasteiger charge is 2.40. The predicted octanol–water partition coefficient (Wildman–Crippen LogP) is 2.94. The van der Waals surface area contributed by atoms with Gasteiger partial charge in [-0.1, -0.05) is 15.9 Å². The molecule has 1 fully saturated rings. The Bertz CT molecular complexity index is 597. The summed E-state index contributed by atoms with van der Waals surface area (Å²) in [6.07, 6.45) is 1.87. The van der Waals surface area contributed by atoms with Gasteiger partial charge < -0.3 is 9.64 Å². The van der Waals surface area contributed by atoms with Crippen LogP contribution < -0.4 is 4.90 Å². The molecule has 0 saturated carbocycles. The van der Waals surface area contributed by atoms with E-state index in [9.17, 15) is 9.59 Å². The number of benzene rings is 1. The molecule has 0 aromatic heterocycles. The van der Waals surface area contributed by atoms with E-state index in [1.54, 1.807) is 17.0 Å². The Labute approximate surface area is 126 Å². The monoisotopic (exact) mass is 337 g/mol. The first-order valence-electron chi connectivity index (χ1n) is 6.71. The lowest BCUT2D eigenvalue weighted by molar-refractivity contribution is -0.114. The van der Waals surface area contributed by atoms with Crippen LogP contribution in [0, 0.1) is 0 Å². The molecule has 1 atom stereocenters. The third-order valence-corrected chi connectivity index (χ3v) is 4.37. The van der Waals surface area contributed by atoms with Crippen LogP contribution in [0.3, 0.4) is 0 Å². The molecule has 0 N–H and O–H groups in total. The van der Waals surface area contributed by atoms with E-state index in [-0.39, 0.29) is 11.7 Å². The van der Waals surface area contributed by atoms with Crippen molar-refractivity contribution in [2.24, 2.45) is 0 Å². The highest BCUT2D eigenvalue weighted by Crippen LogP contribution is 2.35. The van der Waals surface area contributed by atoms with Crippen molar-refractivity contribution in [2.45, 2.75) is 38.4 Å². The number of amides is 1. The first kappa shape index (κ1) is 13.8. The van der Waals surface area contributed by atoms with Crippen molar-refractivity contribution in [3.63, 3.8) is 0 Å². The van der Waals surface area contributed by atoms with Crippen molar-refractivity contribution < 1.29 is 14.3 Å². The summed E-state index contributed by atoms with van der Waals surface area (Å²) in [5.74, 6) is -0.879. The van der Waals surface area contributed by atoms with Crippen LogP contribution in [0.1, 0.15) is 37.0 Å². The van der Waals surface area contributed by atoms with Crippen LogP contribution >= 0.6 is 15.9 Å². The smallest absolute Gasteiger partial charge is 0.299 e. The van der Waals surface area contributed by atoms with Crippen LogP contribution in [0.25, 0.3) is 0 Å². The molecule has 2 aliphatic heterocycles. The van der Waals surface area contributed by atoms with Gasteiger partial charge in [-0.25, -0.2) is 0 Å². The summed E-state index contributed by atoms with van der Waals surface area (Å²) in [5, 5.41) is 0. The molecule has 0 aliphatic carbocycles. The van der Waals surface area contributed by atoms with Gasteiger partial charge in [0.15, 0.2) is 0 Å². The summed E-state index contributed by atoms with van der Waals surface area (Å²) in [5.41, 5.74) is 1.02. The first-order chi connectivity index (χ1) is 9.37. The Morgan fingerprint density at radius 3 is 2.80 bits per heavy atom. The number of ether oxygens (including phenoxy) is 1. The highest BCUT2D eigenvalue weighted by atomic mass is 79.9. The zero-order valence-electron chi connectivity index (χ0n) is 11.5. The van der Waals surface area contributed by atoms with Crippen molar-refractivity contribution >= 4 is 33.3 Å². The number of anilines is 1. The fraction of sp³-hybridized carbons (Fsp3) is 0.467. The van der Waals surface area contributed by atoms with Crippen molar-refractivity contribution in [1.29, 1.82) is 0 Å². The molecular weight excluding hydrogens is 322 g/mol. The molecule has 1 aromatic rings. The van der Waals surface area contributed by atoms with Crippen molar-refractivity contribution in [3.8, 4) is 0 Å². The minimum atomic E-state index is -0.452. The van der Waals surface area contributed by atoms with Crippen LogP contribution in [-0.4, -0.2) is 29.9 Å². The summed E-state index contributed by atoms with van der Waals surface area (Å²) in [7, 11) is 0. The first-order valence-corrected chi connectivity index (χ1v) is 7.50. The molecule has 106 valence electrons. The molecule has 0 bridgehead atoms. The van der Waals surface area contributed by atoms with Crippen LogP contribution in [-0.2, 0) is 9.53 Å². The van der Waals surface area contributed by atoms with Gasteiger partial charge in [-0.15, -0.1) is 0 Å². The van der Waals surface area contributed by atoms with Gasteiger partial charge in [0.25, 0.3) is 11.7 Å². The minimum Gasteiger partial charge on any atom is -0.370 e. The Morgan fingerprint density at radius 2 is 2.15 bits per heavy atom. The number of carbonyl (C=O) groups excluding carboxylic acids is 2. The van der Waals surface area contributed by atoms with Gasteiger partial charge >= 0.3 is 0 Å². The molecule has 2 aliphatic rings. The molecule has 1 saturated heterocycles. The van der Waals surface area contributed by atoms with Gasteiger partial charge in [0.05, 0.1) is 29.5 Å². The van der Waals surface area contributed by atoms with E-state index in [4.69, 9.17) is 4.74 Å². The Balaban J connectivity index is 1.86. The summed E-state index contributed by atoms with van der Waals surface area (Å²) >= 11 is 3.38. The van der Waals surface area contributed by atoms with Gasteiger partial charge in [0.2, 0.25) is 0 Å². The molecule has 1 unspecified atom stereocenters. The molecule has 5 heteroatoms. The van der Waals surface area contributed by atoms with Gasteiger partial charge in [-0.3, -0.25) is 9.59 Å². The largest absolute Gasteiger partial charge is 0.370 e. The van der Waals surface area contributed by atoms with Gasteiger partial charge in [-0.2, -0.15) is 0 Å². The molecule has 3 rings (SSSR count). The predicted molar refractivity (Wildman–Crippen MR) is 79.0 cm³/mol. The van der Waals surface area contributed by atoms with E-state index in [1.807, 2.05) is 6.07 Å². The van der Waals surface area contributed by atoms with Gasteiger partial charge in [0, 0.05) is 4.47 Å². The lowest BCUT2D eigenvalue weighted by Crippen LogP contribution is -2.37. The molecular formula is C15H16BrNO3. The zero-order valence-corrected chi connectivity index (χ0v) is 13.1. The van der Waals surface area contributed by atoms with Crippen LogP contribution in [0.4, 0.5) is 5.69 Å². The third-order valence-electron chi connectivity index (χ3n) is 3.87. The lowest BCUT2D eigenvalue weighted by atomic mass is 10.1. The fourth-order valence-electron chi connectivity index (χ4n) is 2.86. The number of rotatable bonds is 2. The molecule has 0 spiro atoms. The fourth-order valence-corrected chi connectivity index (χ4v) is 3.21. The summed E-state index contributed by atoms with van der Waals surface area (Å²) < 4.78 is 6.78. The maximum Gasteiger partial charge on any atom is 0.299 e. The van der Waals surface area contributed by atoms with Crippen molar-refractivity contribution in [1.82, 2.24) is 0 Å². The molecule has 1 aromatic carbocycles. The topological polar surface area (TPSA) is 46.6 Å². The average molecular weight is 338 g/mol.